The first-order chi connectivity index (χ1) is 12.6. The molecule has 2 aromatic rings. The van der Waals surface area contributed by atoms with Gasteiger partial charge in [0, 0.05) is 25.1 Å². The van der Waals surface area contributed by atoms with Gasteiger partial charge in [-0.1, -0.05) is 0 Å². The van der Waals surface area contributed by atoms with Crippen LogP contribution in [0.2, 0.25) is 0 Å². The Balaban J connectivity index is 1.86. The second kappa shape index (κ2) is 7.05. The highest BCUT2D eigenvalue weighted by molar-refractivity contribution is 5.57. The molecular formula is C18H25N5O4. The Labute approximate surface area is 157 Å². The van der Waals surface area contributed by atoms with Crippen molar-refractivity contribution >= 4 is 17.8 Å². The summed E-state index contributed by atoms with van der Waals surface area (Å²) in [6.45, 7) is 6.15. The number of carbonyl (C=O) groups is 1. The van der Waals surface area contributed by atoms with Crippen molar-refractivity contribution in [3.63, 3.8) is 0 Å². The molecule has 0 radical (unpaired) electrons. The molecule has 1 fully saturated rings. The first-order valence-electron chi connectivity index (χ1n) is 8.95. The molecule has 2 unspecified atom stereocenters. The average molecular weight is 375 g/mol. The molecule has 3 rings (SSSR count). The standard InChI is InChI=1S/C18H25N5O4/c1-18(2,3)23-15(19-14-7-8-16(24)22(4)21-14)10-13(20-23)11-5-6-12(9-11)27-17(25)26/h7-8,10-12H,5-6,9H2,1-4H3,(H,19,21)(H,25,26). The largest absolute Gasteiger partial charge is 0.506 e. The lowest BCUT2D eigenvalue weighted by atomic mass is 10.0. The number of carboxylic acid groups (broad SMARTS) is 1. The Kier molecular flexibility index (Phi) is 4.95. The molecule has 2 aromatic heterocycles. The van der Waals surface area contributed by atoms with E-state index in [-0.39, 0.29) is 23.1 Å². The molecule has 0 spiro atoms. The zero-order chi connectivity index (χ0) is 19.8. The molecule has 9 nitrogen and oxygen atoms in total. The van der Waals surface area contributed by atoms with Crippen molar-refractivity contribution in [1.82, 2.24) is 19.6 Å². The van der Waals surface area contributed by atoms with Crippen LogP contribution >= 0.6 is 0 Å². The predicted molar refractivity (Wildman–Crippen MR) is 99.5 cm³/mol. The number of anilines is 2. The third-order valence-corrected chi connectivity index (χ3v) is 4.65. The van der Waals surface area contributed by atoms with Gasteiger partial charge in [0.15, 0.2) is 5.82 Å². The van der Waals surface area contributed by atoms with Gasteiger partial charge in [-0.2, -0.15) is 10.2 Å². The summed E-state index contributed by atoms with van der Waals surface area (Å²) in [6, 6.07) is 5.05. The Morgan fingerprint density at radius 3 is 2.67 bits per heavy atom. The molecule has 2 heterocycles. The van der Waals surface area contributed by atoms with E-state index in [1.54, 1.807) is 13.1 Å². The highest BCUT2D eigenvalue weighted by Gasteiger charge is 2.32. The molecule has 2 atom stereocenters. The summed E-state index contributed by atoms with van der Waals surface area (Å²) < 4.78 is 8.07. The number of nitrogens with one attached hydrogen (secondary N) is 1. The number of nitrogens with zero attached hydrogens (tertiary/aromatic N) is 4. The fourth-order valence-corrected chi connectivity index (χ4v) is 3.36. The minimum absolute atomic E-state index is 0.145. The molecule has 0 saturated heterocycles. The topological polar surface area (TPSA) is 111 Å². The summed E-state index contributed by atoms with van der Waals surface area (Å²) >= 11 is 0. The van der Waals surface area contributed by atoms with Gasteiger partial charge in [-0.05, 0) is 46.1 Å². The summed E-state index contributed by atoms with van der Waals surface area (Å²) in [5, 5.41) is 21.0. The van der Waals surface area contributed by atoms with Gasteiger partial charge < -0.3 is 15.2 Å². The quantitative estimate of drug-likeness (QED) is 0.790. The lowest BCUT2D eigenvalue weighted by molar-refractivity contribution is 0.0540. The van der Waals surface area contributed by atoms with Gasteiger partial charge in [-0.25, -0.2) is 14.2 Å². The molecule has 0 aliphatic heterocycles. The molecule has 1 saturated carbocycles. The normalized spacial score (nSPS) is 19.9. The van der Waals surface area contributed by atoms with E-state index in [4.69, 9.17) is 14.9 Å². The number of ether oxygens (including phenoxy) is 1. The maximum absolute atomic E-state index is 11.5. The first kappa shape index (κ1) is 18.9. The Morgan fingerprint density at radius 2 is 2.04 bits per heavy atom. The summed E-state index contributed by atoms with van der Waals surface area (Å²) in [5.41, 5.74) is 0.450. The molecule has 2 N–H and O–H groups in total. The van der Waals surface area contributed by atoms with E-state index in [0.29, 0.717) is 18.7 Å². The molecule has 0 bridgehead atoms. The van der Waals surface area contributed by atoms with E-state index in [0.717, 1.165) is 17.9 Å². The number of hydrogen-bond donors (Lipinski definition) is 2. The first-order valence-corrected chi connectivity index (χ1v) is 8.95. The minimum atomic E-state index is -1.23. The lowest BCUT2D eigenvalue weighted by Crippen LogP contribution is -2.25. The van der Waals surface area contributed by atoms with Crippen molar-refractivity contribution in [2.45, 2.75) is 57.6 Å². The summed E-state index contributed by atoms with van der Waals surface area (Å²) in [6.07, 6.45) is 0.643. The third kappa shape index (κ3) is 4.29. The molecule has 0 aromatic carbocycles. The fraction of sp³-hybridized carbons (Fsp3) is 0.556. The lowest BCUT2D eigenvalue weighted by Gasteiger charge is -2.22. The van der Waals surface area contributed by atoms with Gasteiger partial charge in [0.1, 0.15) is 11.9 Å². The fourth-order valence-electron chi connectivity index (χ4n) is 3.36. The summed E-state index contributed by atoms with van der Waals surface area (Å²) in [4.78, 5) is 22.3. The van der Waals surface area contributed by atoms with E-state index in [9.17, 15) is 9.59 Å². The van der Waals surface area contributed by atoms with Gasteiger partial charge in [0.05, 0.1) is 11.2 Å². The van der Waals surface area contributed by atoms with Crippen LogP contribution in [0.1, 0.15) is 51.6 Å². The second-order valence-electron chi connectivity index (χ2n) is 7.86. The van der Waals surface area contributed by atoms with Crippen LogP contribution in [0.25, 0.3) is 0 Å². The molecule has 27 heavy (non-hydrogen) atoms. The smallest absolute Gasteiger partial charge is 0.450 e. The van der Waals surface area contributed by atoms with Crippen LogP contribution in [0.3, 0.4) is 0 Å². The van der Waals surface area contributed by atoms with E-state index in [1.165, 1.54) is 10.7 Å². The number of rotatable bonds is 4. The minimum Gasteiger partial charge on any atom is -0.450 e. The van der Waals surface area contributed by atoms with Crippen molar-refractivity contribution in [1.29, 1.82) is 0 Å². The average Bonchev–Trinajstić information content (AvgIpc) is 3.17. The van der Waals surface area contributed by atoms with Gasteiger partial charge >= 0.3 is 6.16 Å². The molecular weight excluding hydrogens is 350 g/mol. The van der Waals surface area contributed by atoms with Gasteiger partial charge in [-0.3, -0.25) is 4.79 Å². The van der Waals surface area contributed by atoms with Crippen LogP contribution < -0.4 is 10.9 Å². The molecule has 1 aliphatic carbocycles. The maximum atomic E-state index is 11.5. The van der Waals surface area contributed by atoms with Crippen LogP contribution in [0.4, 0.5) is 16.4 Å². The zero-order valence-corrected chi connectivity index (χ0v) is 16.0. The van der Waals surface area contributed by atoms with Gasteiger partial charge in [0.25, 0.3) is 5.56 Å². The third-order valence-electron chi connectivity index (χ3n) is 4.65. The zero-order valence-electron chi connectivity index (χ0n) is 16.0. The van der Waals surface area contributed by atoms with E-state index < -0.39 is 6.16 Å². The van der Waals surface area contributed by atoms with Crippen molar-refractivity contribution in [3.05, 3.63) is 34.2 Å². The SMILES string of the molecule is Cn1nc(Nc2cc(C3CCC(OC(=O)O)C3)nn2C(C)(C)C)ccc1=O. The highest BCUT2D eigenvalue weighted by Crippen LogP contribution is 2.37. The van der Waals surface area contributed by atoms with Crippen molar-refractivity contribution in [3.8, 4) is 0 Å². The Hall–Kier alpha value is -2.84. The Morgan fingerprint density at radius 1 is 1.30 bits per heavy atom. The van der Waals surface area contributed by atoms with Crippen molar-refractivity contribution in [2.24, 2.45) is 7.05 Å². The maximum Gasteiger partial charge on any atom is 0.506 e. The summed E-state index contributed by atoms with van der Waals surface area (Å²) in [7, 11) is 1.60. The highest BCUT2D eigenvalue weighted by atomic mass is 16.7. The molecule has 9 heteroatoms. The van der Waals surface area contributed by atoms with Crippen LogP contribution in [-0.2, 0) is 17.3 Å². The molecule has 0 amide bonds. The van der Waals surface area contributed by atoms with Gasteiger partial charge in [-0.15, -0.1) is 0 Å². The Bertz CT molecular complexity index is 896. The second-order valence-corrected chi connectivity index (χ2v) is 7.86. The summed E-state index contributed by atoms with van der Waals surface area (Å²) in [5.74, 6) is 1.46. The number of hydrogen-bond acceptors (Lipinski definition) is 6. The van der Waals surface area contributed by atoms with Gasteiger partial charge in [0.2, 0.25) is 0 Å². The molecule has 1 aliphatic rings. The van der Waals surface area contributed by atoms with Crippen LogP contribution in [0.5, 0.6) is 0 Å². The van der Waals surface area contributed by atoms with Crippen LogP contribution in [0, 0.1) is 0 Å². The van der Waals surface area contributed by atoms with E-state index in [1.807, 2.05) is 31.5 Å². The molecule has 146 valence electrons. The number of aromatic nitrogens is 4. The monoisotopic (exact) mass is 375 g/mol. The van der Waals surface area contributed by atoms with Crippen LogP contribution in [0.15, 0.2) is 23.0 Å². The van der Waals surface area contributed by atoms with E-state index >= 15 is 0 Å². The van der Waals surface area contributed by atoms with Crippen molar-refractivity contribution in [2.75, 3.05) is 5.32 Å². The van der Waals surface area contributed by atoms with E-state index in [2.05, 4.69) is 10.4 Å². The predicted octanol–water partition coefficient (Wildman–Crippen LogP) is 2.81. The van der Waals surface area contributed by atoms with Crippen LogP contribution in [-0.4, -0.2) is 36.9 Å². The van der Waals surface area contributed by atoms with Crippen molar-refractivity contribution < 1.29 is 14.6 Å². The number of aryl methyl sites for hydroxylation is 1.